The maximum Gasteiger partial charge on any atom is 0.236 e. The van der Waals surface area contributed by atoms with Gasteiger partial charge in [-0.25, -0.2) is 0 Å². The average Bonchev–Trinajstić information content (AvgIpc) is 2.40. The van der Waals surface area contributed by atoms with Crippen LogP contribution in [0.15, 0.2) is 0 Å². The van der Waals surface area contributed by atoms with Gasteiger partial charge < -0.3 is 16.0 Å². The van der Waals surface area contributed by atoms with E-state index in [-0.39, 0.29) is 11.9 Å². The van der Waals surface area contributed by atoms with Crippen molar-refractivity contribution in [2.24, 2.45) is 5.73 Å². The number of likely N-dealkylation sites (tertiary alicyclic amines) is 1. The highest BCUT2D eigenvalue weighted by atomic mass is 16.2. The predicted molar refractivity (Wildman–Crippen MR) is 73.3 cm³/mol. The second kappa shape index (κ2) is 6.53. The van der Waals surface area contributed by atoms with Crippen LogP contribution in [0.25, 0.3) is 0 Å². The Kier molecular flexibility index (Phi) is 5.01. The van der Waals surface area contributed by atoms with Crippen molar-refractivity contribution in [3.8, 4) is 0 Å². The molecule has 1 aliphatic heterocycles. The molecule has 4 heteroatoms. The summed E-state index contributed by atoms with van der Waals surface area (Å²) in [5, 5.41) is 3.05. The van der Waals surface area contributed by atoms with Crippen LogP contribution in [-0.4, -0.2) is 42.0 Å². The van der Waals surface area contributed by atoms with Crippen molar-refractivity contribution in [3.63, 3.8) is 0 Å². The topological polar surface area (TPSA) is 58.4 Å². The summed E-state index contributed by atoms with van der Waals surface area (Å²) in [5.41, 5.74) is 5.57. The van der Waals surface area contributed by atoms with Crippen molar-refractivity contribution >= 4 is 5.91 Å². The molecule has 2 rings (SSSR count). The standard InChI is InChI=1S/C14H27N3O/c1-11(15)14(18)16-12-7-9-17(10-8-12)13-5-3-2-4-6-13/h11-13H,2-10,15H2,1H3,(H,16,18)/t11-/m1/s1. The lowest BCUT2D eigenvalue weighted by Crippen LogP contribution is -2.50. The van der Waals surface area contributed by atoms with E-state index in [0.29, 0.717) is 6.04 Å². The summed E-state index contributed by atoms with van der Waals surface area (Å²) in [6.07, 6.45) is 9.10. The van der Waals surface area contributed by atoms with E-state index >= 15 is 0 Å². The third-order valence-electron chi connectivity index (χ3n) is 4.38. The summed E-state index contributed by atoms with van der Waals surface area (Å²) in [6, 6.07) is 0.758. The van der Waals surface area contributed by atoms with Gasteiger partial charge in [0.25, 0.3) is 0 Å². The number of nitrogens with two attached hydrogens (primary N) is 1. The van der Waals surface area contributed by atoms with E-state index in [1.165, 1.54) is 32.1 Å². The fourth-order valence-electron chi connectivity index (χ4n) is 3.19. The molecule has 2 aliphatic rings. The molecule has 1 atom stereocenters. The number of carbonyl (C=O) groups excluding carboxylic acids is 1. The molecule has 1 aliphatic carbocycles. The number of hydrogen-bond donors (Lipinski definition) is 2. The van der Waals surface area contributed by atoms with Gasteiger partial charge >= 0.3 is 0 Å². The van der Waals surface area contributed by atoms with Crippen LogP contribution in [0.2, 0.25) is 0 Å². The van der Waals surface area contributed by atoms with Gasteiger partial charge in [-0.15, -0.1) is 0 Å². The van der Waals surface area contributed by atoms with E-state index in [1.807, 2.05) is 0 Å². The Bertz CT molecular complexity index is 266. The molecule has 1 saturated carbocycles. The van der Waals surface area contributed by atoms with Gasteiger partial charge in [0.05, 0.1) is 6.04 Å². The van der Waals surface area contributed by atoms with Crippen LogP contribution in [0, 0.1) is 0 Å². The first kappa shape index (κ1) is 13.8. The number of piperidine rings is 1. The zero-order valence-corrected chi connectivity index (χ0v) is 11.5. The summed E-state index contributed by atoms with van der Waals surface area (Å²) in [6.45, 7) is 4.01. The number of rotatable bonds is 3. The molecule has 4 nitrogen and oxygen atoms in total. The van der Waals surface area contributed by atoms with E-state index in [0.717, 1.165) is 32.0 Å². The summed E-state index contributed by atoms with van der Waals surface area (Å²) in [5.74, 6) is -0.00823. The van der Waals surface area contributed by atoms with Gasteiger partial charge in [0.15, 0.2) is 0 Å². The Labute approximate surface area is 110 Å². The number of hydrogen-bond acceptors (Lipinski definition) is 3. The highest BCUT2D eigenvalue weighted by Crippen LogP contribution is 2.25. The van der Waals surface area contributed by atoms with Crippen LogP contribution in [0.3, 0.4) is 0 Å². The monoisotopic (exact) mass is 253 g/mol. The minimum Gasteiger partial charge on any atom is -0.352 e. The Morgan fingerprint density at radius 3 is 2.33 bits per heavy atom. The quantitative estimate of drug-likeness (QED) is 0.796. The first-order valence-electron chi connectivity index (χ1n) is 7.47. The highest BCUT2D eigenvalue weighted by Gasteiger charge is 2.27. The molecule has 0 radical (unpaired) electrons. The van der Waals surface area contributed by atoms with Crippen LogP contribution in [-0.2, 0) is 4.79 Å². The molecule has 0 bridgehead atoms. The number of nitrogens with zero attached hydrogens (tertiary/aromatic N) is 1. The van der Waals surface area contributed by atoms with Gasteiger partial charge in [-0.05, 0) is 32.6 Å². The van der Waals surface area contributed by atoms with Crippen LogP contribution in [0.4, 0.5) is 0 Å². The first-order chi connectivity index (χ1) is 8.66. The van der Waals surface area contributed by atoms with Crippen molar-refractivity contribution in [3.05, 3.63) is 0 Å². The molecular weight excluding hydrogens is 226 g/mol. The number of nitrogens with one attached hydrogen (secondary N) is 1. The summed E-state index contributed by atoms with van der Waals surface area (Å²) in [4.78, 5) is 14.2. The lowest BCUT2D eigenvalue weighted by Gasteiger charge is -2.39. The van der Waals surface area contributed by atoms with Gasteiger partial charge in [-0.1, -0.05) is 19.3 Å². The molecule has 0 aromatic heterocycles. The van der Waals surface area contributed by atoms with Crippen LogP contribution in [0.1, 0.15) is 51.9 Å². The summed E-state index contributed by atoms with van der Waals surface area (Å²) >= 11 is 0. The molecule has 3 N–H and O–H groups in total. The Balaban J connectivity index is 1.72. The van der Waals surface area contributed by atoms with Crippen LogP contribution in [0.5, 0.6) is 0 Å². The van der Waals surface area contributed by atoms with Gasteiger partial charge in [0.2, 0.25) is 5.91 Å². The van der Waals surface area contributed by atoms with Crippen molar-refractivity contribution in [2.75, 3.05) is 13.1 Å². The van der Waals surface area contributed by atoms with E-state index in [2.05, 4.69) is 10.2 Å². The van der Waals surface area contributed by atoms with E-state index in [9.17, 15) is 4.79 Å². The van der Waals surface area contributed by atoms with E-state index in [4.69, 9.17) is 5.73 Å². The van der Waals surface area contributed by atoms with E-state index < -0.39 is 0 Å². The third-order valence-corrected chi connectivity index (χ3v) is 4.38. The lowest BCUT2D eigenvalue weighted by atomic mass is 9.92. The Morgan fingerprint density at radius 2 is 1.78 bits per heavy atom. The number of amides is 1. The van der Waals surface area contributed by atoms with Crippen molar-refractivity contribution < 1.29 is 4.79 Å². The van der Waals surface area contributed by atoms with Gasteiger partial charge in [0, 0.05) is 25.2 Å². The Hall–Kier alpha value is -0.610. The van der Waals surface area contributed by atoms with Crippen LogP contribution < -0.4 is 11.1 Å². The third kappa shape index (κ3) is 3.69. The minimum atomic E-state index is -0.388. The van der Waals surface area contributed by atoms with Gasteiger partial charge in [-0.2, -0.15) is 0 Å². The van der Waals surface area contributed by atoms with Crippen molar-refractivity contribution in [1.29, 1.82) is 0 Å². The molecule has 0 spiro atoms. The second-order valence-electron chi connectivity index (χ2n) is 5.90. The molecule has 18 heavy (non-hydrogen) atoms. The minimum absolute atomic E-state index is 0.00823. The molecule has 0 aromatic rings. The van der Waals surface area contributed by atoms with Crippen LogP contribution >= 0.6 is 0 Å². The van der Waals surface area contributed by atoms with Gasteiger partial charge in [-0.3, -0.25) is 4.79 Å². The largest absolute Gasteiger partial charge is 0.352 e. The highest BCUT2D eigenvalue weighted by molar-refractivity contribution is 5.81. The van der Waals surface area contributed by atoms with Crippen molar-refractivity contribution in [1.82, 2.24) is 10.2 Å². The maximum absolute atomic E-state index is 11.5. The zero-order chi connectivity index (χ0) is 13.0. The molecule has 0 unspecified atom stereocenters. The number of carbonyl (C=O) groups is 1. The fourth-order valence-corrected chi connectivity index (χ4v) is 3.19. The normalized spacial score (nSPS) is 25.9. The Morgan fingerprint density at radius 1 is 1.17 bits per heavy atom. The SMILES string of the molecule is C[C@@H](N)C(=O)NC1CCN(C2CCCCC2)CC1. The molecule has 1 saturated heterocycles. The second-order valence-corrected chi connectivity index (χ2v) is 5.90. The summed E-state index contributed by atoms with van der Waals surface area (Å²) in [7, 11) is 0. The van der Waals surface area contributed by atoms with E-state index in [1.54, 1.807) is 6.92 Å². The smallest absolute Gasteiger partial charge is 0.236 e. The molecule has 2 fully saturated rings. The first-order valence-corrected chi connectivity index (χ1v) is 7.47. The lowest BCUT2D eigenvalue weighted by molar-refractivity contribution is -0.123. The molecule has 104 valence electrons. The van der Waals surface area contributed by atoms with Gasteiger partial charge in [0.1, 0.15) is 0 Å². The molecule has 1 amide bonds. The molecule has 0 aromatic carbocycles. The molecule has 1 heterocycles. The maximum atomic E-state index is 11.5. The summed E-state index contributed by atoms with van der Waals surface area (Å²) < 4.78 is 0. The fraction of sp³-hybridized carbons (Fsp3) is 0.929. The molecular formula is C14H27N3O. The zero-order valence-electron chi connectivity index (χ0n) is 11.5. The average molecular weight is 253 g/mol. The van der Waals surface area contributed by atoms with Crippen molar-refractivity contribution in [2.45, 2.75) is 70.0 Å². The predicted octanol–water partition coefficient (Wildman–Crippen LogP) is 1.25.